The molecule has 0 aromatic heterocycles. The Balaban J connectivity index is 2.54. The van der Waals surface area contributed by atoms with Crippen molar-refractivity contribution >= 4 is 23.6 Å². The van der Waals surface area contributed by atoms with Crippen LogP contribution in [0.15, 0.2) is 0 Å². The minimum atomic E-state index is -0.936. The first-order valence-electron chi connectivity index (χ1n) is 6.02. The second-order valence-corrected chi connectivity index (χ2v) is 5.90. The molecule has 1 saturated carbocycles. The highest BCUT2D eigenvalue weighted by Gasteiger charge is 2.37. The molecule has 1 rings (SSSR count). The summed E-state index contributed by atoms with van der Waals surface area (Å²) in [5.41, 5.74) is -0.354. The largest absolute Gasteiger partial charge is 0.480 e. The Morgan fingerprint density at radius 3 is 2.47 bits per heavy atom. The van der Waals surface area contributed by atoms with Gasteiger partial charge in [0.25, 0.3) is 0 Å². The van der Waals surface area contributed by atoms with Crippen molar-refractivity contribution in [2.45, 2.75) is 45.1 Å². The maximum absolute atomic E-state index is 12.1. The van der Waals surface area contributed by atoms with Crippen molar-refractivity contribution in [3.05, 3.63) is 0 Å². The van der Waals surface area contributed by atoms with Crippen LogP contribution in [0.2, 0.25) is 0 Å². The van der Waals surface area contributed by atoms with Crippen molar-refractivity contribution < 1.29 is 14.7 Å². The zero-order chi connectivity index (χ0) is 12.9. The number of carbonyl (C=O) groups is 2. The van der Waals surface area contributed by atoms with E-state index in [1.54, 1.807) is 11.8 Å². The monoisotopic (exact) mass is 259 g/mol. The normalized spacial score (nSPS) is 19.9. The second kappa shape index (κ2) is 6.28. The average molecular weight is 259 g/mol. The van der Waals surface area contributed by atoms with E-state index in [-0.39, 0.29) is 11.3 Å². The third-order valence-electron chi connectivity index (χ3n) is 3.47. The molecule has 0 aromatic rings. The highest BCUT2D eigenvalue weighted by molar-refractivity contribution is 7.98. The fourth-order valence-electron chi connectivity index (χ4n) is 2.21. The summed E-state index contributed by atoms with van der Waals surface area (Å²) in [6, 6.07) is -0.743. The molecule has 0 unspecified atom stereocenters. The maximum Gasteiger partial charge on any atom is 0.326 e. The highest BCUT2D eigenvalue weighted by atomic mass is 32.2. The van der Waals surface area contributed by atoms with Gasteiger partial charge in [-0.15, -0.1) is 0 Å². The number of hydrogen-bond acceptors (Lipinski definition) is 3. The summed E-state index contributed by atoms with van der Waals surface area (Å²) < 4.78 is 0. The Hall–Kier alpha value is -0.710. The van der Waals surface area contributed by atoms with Gasteiger partial charge in [-0.25, -0.2) is 4.79 Å². The van der Waals surface area contributed by atoms with Crippen molar-refractivity contribution in [2.24, 2.45) is 5.41 Å². The van der Waals surface area contributed by atoms with E-state index in [4.69, 9.17) is 5.11 Å². The number of rotatable bonds is 6. The first-order valence-corrected chi connectivity index (χ1v) is 7.42. The van der Waals surface area contributed by atoms with Gasteiger partial charge in [0, 0.05) is 5.41 Å². The van der Waals surface area contributed by atoms with Crippen molar-refractivity contribution in [3.8, 4) is 0 Å². The van der Waals surface area contributed by atoms with Crippen molar-refractivity contribution in [1.82, 2.24) is 5.32 Å². The summed E-state index contributed by atoms with van der Waals surface area (Å²) in [5, 5.41) is 11.7. The Morgan fingerprint density at radius 2 is 2.00 bits per heavy atom. The lowest BCUT2D eigenvalue weighted by Crippen LogP contribution is -2.47. The molecule has 5 heteroatoms. The van der Waals surface area contributed by atoms with Crippen LogP contribution in [0, 0.1) is 5.41 Å². The van der Waals surface area contributed by atoms with Gasteiger partial charge in [-0.05, 0) is 31.3 Å². The average Bonchev–Trinajstić information content (AvgIpc) is 2.72. The molecule has 0 aliphatic heterocycles. The topological polar surface area (TPSA) is 66.4 Å². The van der Waals surface area contributed by atoms with Crippen LogP contribution in [0.3, 0.4) is 0 Å². The molecule has 0 spiro atoms. The maximum atomic E-state index is 12.1. The van der Waals surface area contributed by atoms with Gasteiger partial charge in [-0.2, -0.15) is 11.8 Å². The summed E-state index contributed by atoms with van der Waals surface area (Å²) in [6.07, 6.45) is 6.28. The molecule has 1 atom stereocenters. The molecule has 98 valence electrons. The van der Waals surface area contributed by atoms with Gasteiger partial charge in [0.2, 0.25) is 5.91 Å². The number of thioether (sulfide) groups is 1. The standard InChI is InChI=1S/C12H21NO3S/c1-12(6-3-4-7-12)11(16)13-9(10(14)15)5-8-17-2/h9H,3-8H2,1-2H3,(H,13,16)(H,14,15)/t9-/m0/s1. The SMILES string of the molecule is CSCC[C@H](NC(=O)C1(C)CCCC1)C(=O)O. The van der Waals surface area contributed by atoms with Crippen LogP contribution >= 0.6 is 11.8 Å². The molecule has 17 heavy (non-hydrogen) atoms. The van der Waals surface area contributed by atoms with E-state index in [2.05, 4.69) is 5.32 Å². The molecule has 1 amide bonds. The number of amides is 1. The van der Waals surface area contributed by atoms with E-state index in [1.807, 2.05) is 13.2 Å². The van der Waals surface area contributed by atoms with Crippen LogP contribution in [-0.4, -0.2) is 35.0 Å². The molecule has 0 bridgehead atoms. The Kier molecular flexibility index (Phi) is 5.31. The molecule has 0 saturated heterocycles. The van der Waals surface area contributed by atoms with Crippen LogP contribution in [0.5, 0.6) is 0 Å². The van der Waals surface area contributed by atoms with Gasteiger partial charge in [-0.1, -0.05) is 19.8 Å². The summed E-state index contributed by atoms with van der Waals surface area (Å²) in [6.45, 7) is 1.93. The van der Waals surface area contributed by atoms with Crippen molar-refractivity contribution in [1.29, 1.82) is 0 Å². The van der Waals surface area contributed by atoms with E-state index >= 15 is 0 Å². The zero-order valence-corrected chi connectivity index (χ0v) is 11.3. The van der Waals surface area contributed by atoms with E-state index in [0.29, 0.717) is 6.42 Å². The van der Waals surface area contributed by atoms with Crippen LogP contribution in [0.4, 0.5) is 0 Å². The zero-order valence-electron chi connectivity index (χ0n) is 10.5. The fourth-order valence-corrected chi connectivity index (χ4v) is 2.68. The molecule has 1 fully saturated rings. The molecule has 1 aliphatic carbocycles. The lowest BCUT2D eigenvalue weighted by atomic mass is 9.87. The van der Waals surface area contributed by atoms with Gasteiger partial charge >= 0.3 is 5.97 Å². The molecule has 4 nitrogen and oxygen atoms in total. The summed E-state index contributed by atoms with van der Waals surface area (Å²) in [4.78, 5) is 23.1. The quantitative estimate of drug-likeness (QED) is 0.764. The molecule has 0 aromatic carbocycles. The number of hydrogen-bond donors (Lipinski definition) is 2. The molecular formula is C12H21NO3S. The van der Waals surface area contributed by atoms with E-state index in [9.17, 15) is 9.59 Å². The Labute approximate surface area is 107 Å². The van der Waals surface area contributed by atoms with Crippen LogP contribution in [0.1, 0.15) is 39.0 Å². The summed E-state index contributed by atoms with van der Waals surface area (Å²) in [5.74, 6) is -0.286. The lowest BCUT2D eigenvalue weighted by Gasteiger charge is -2.25. The molecular weight excluding hydrogens is 238 g/mol. The number of carboxylic acids is 1. The van der Waals surface area contributed by atoms with Gasteiger partial charge in [0.15, 0.2) is 0 Å². The predicted molar refractivity (Wildman–Crippen MR) is 69.1 cm³/mol. The van der Waals surface area contributed by atoms with Crippen LogP contribution in [-0.2, 0) is 9.59 Å². The predicted octanol–water partition coefficient (Wildman–Crippen LogP) is 1.89. The van der Waals surface area contributed by atoms with Gasteiger partial charge < -0.3 is 10.4 Å². The third-order valence-corrected chi connectivity index (χ3v) is 4.11. The van der Waals surface area contributed by atoms with Crippen LogP contribution < -0.4 is 5.32 Å². The third kappa shape index (κ3) is 3.91. The van der Waals surface area contributed by atoms with Gasteiger partial charge in [0.1, 0.15) is 6.04 Å². The summed E-state index contributed by atoms with van der Waals surface area (Å²) >= 11 is 1.59. The van der Waals surface area contributed by atoms with Gasteiger partial charge in [-0.3, -0.25) is 4.79 Å². The second-order valence-electron chi connectivity index (χ2n) is 4.91. The smallest absolute Gasteiger partial charge is 0.326 e. The first kappa shape index (κ1) is 14.4. The Bertz CT molecular complexity index is 287. The molecule has 0 heterocycles. The van der Waals surface area contributed by atoms with E-state index in [1.165, 1.54) is 0 Å². The van der Waals surface area contributed by atoms with E-state index < -0.39 is 12.0 Å². The van der Waals surface area contributed by atoms with Crippen molar-refractivity contribution in [3.63, 3.8) is 0 Å². The van der Waals surface area contributed by atoms with Crippen LogP contribution in [0.25, 0.3) is 0 Å². The Morgan fingerprint density at radius 1 is 1.41 bits per heavy atom. The highest BCUT2D eigenvalue weighted by Crippen LogP contribution is 2.37. The number of carbonyl (C=O) groups excluding carboxylic acids is 1. The molecule has 2 N–H and O–H groups in total. The molecule has 1 aliphatic rings. The minimum absolute atomic E-state index is 0.0940. The number of aliphatic carboxylic acids is 1. The number of nitrogens with one attached hydrogen (secondary N) is 1. The lowest BCUT2D eigenvalue weighted by molar-refractivity contribution is -0.143. The fraction of sp³-hybridized carbons (Fsp3) is 0.833. The van der Waals surface area contributed by atoms with Crippen molar-refractivity contribution in [2.75, 3.05) is 12.0 Å². The molecule has 0 radical (unpaired) electrons. The van der Waals surface area contributed by atoms with E-state index in [0.717, 1.165) is 31.4 Å². The summed E-state index contributed by atoms with van der Waals surface area (Å²) in [7, 11) is 0. The first-order chi connectivity index (χ1) is 7.99. The number of carboxylic acid groups (broad SMARTS) is 1. The minimum Gasteiger partial charge on any atom is -0.480 e. The van der Waals surface area contributed by atoms with Gasteiger partial charge in [0.05, 0.1) is 0 Å².